The fourth-order valence-corrected chi connectivity index (χ4v) is 6.74. The van der Waals surface area contributed by atoms with E-state index in [9.17, 15) is 0 Å². The maximum Gasteiger partial charge on any atom is 0.135 e. The molecule has 3 heterocycles. The van der Waals surface area contributed by atoms with E-state index in [1.54, 1.807) is 0 Å². The average molecular weight is 466 g/mol. The monoisotopic (exact) mass is 465 g/mol. The van der Waals surface area contributed by atoms with Crippen molar-refractivity contribution < 1.29 is 4.42 Å². The Bertz CT molecular complexity index is 2060. The Morgan fingerprint density at radius 3 is 2.29 bits per heavy atom. The number of nitrogens with zero attached hydrogens (tertiary/aromatic N) is 1. The van der Waals surface area contributed by atoms with Gasteiger partial charge in [-0.2, -0.15) is 0 Å². The van der Waals surface area contributed by atoms with Gasteiger partial charge in [-0.3, -0.25) is 0 Å². The molecular formula is C32H19NOS. The Labute approximate surface area is 205 Å². The highest BCUT2D eigenvalue weighted by Gasteiger charge is 2.20. The molecule has 3 heteroatoms. The van der Waals surface area contributed by atoms with E-state index in [-0.39, 0.29) is 0 Å². The van der Waals surface area contributed by atoms with Crippen molar-refractivity contribution in [1.29, 1.82) is 0 Å². The molecule has 3 aromatic heterocycles. The van der Waals surface area contributed by atoms with E-state index in [4.69, 9.17) is 4.42 Å². The van der Waals surface area contributed by atoms with Gasteiger partial charge in [-0.15, -0.1) is 11.3 Å². The van der Waals surface area contributed by atoms with E-state index >= 15 is 0 Å². The van der Waals surface area contributed by atoms with Crippen LogP contribution in [-0.2, 0) is 0 Å². The molecule has 0 aliphatic carbocycles. The van der Waals surface area contributed by atoms with E-state index in [1.807, 2.05) is 23.5 Å². The van der Waals surface area contributed by atoms with Crippen molar-refractivity contribution in [3.8, 4) is 16.8 Å². The molecule has 0 aliphatic rings. The highest BCUT2D eigenvalue weighted by molar-refractivity contribution is 7.26. The smallest absolute Gasteiger partial charge is 0.135 e. The molecule has 8 aromatic rings. The number of aromatic nitrogens is 1. The molecular weight excluding hydrogens is 446 g/mol. The molecule has 35 heavy (non-hydrogen) atoms. The van der Waals surface area contributed by atoms with Gasteiger partial charge < -0.3 is 8.98 Å². The lowest BCUT2D eigenvalue weighted by Gasteiger charge is -2.10. The first kappa shape index (κ1) is 19.0. The summed E-state index contributed by atoms with van der Waals surface area (Å²) in [6.07, 6.45) is 0. The van der Waals surface area contributed by atoms with Crippen LogP contribution in [0, 0.1) is 0 Å². The summed E-state index contributed by atoms with van der Waals surface area (Å²) in [7, 11) is 0. The van der Waals surface area contributed by atoms with Crippen molar-refractivity contribution in [3.05, 3.63) is 115 Å². The number of para-hydroxylation sites is 3. The lowest BCUT2D eigenvalue weighted by Crippen LogP contribution is -1.93. The highest BCUT2D eigenvalue weighted by atomic mass is 32.1. The third-order valence-electron chi connectivity index (χ3n) is 7.01. The fourth-order valence-electron chi connectivity index (χ4n) is 5.49. The van der Waals surface area contributed by atoms with Gasteiger partial charge in [0.2, 0.25) is 0 Å². The van der Waals surface area contributed by atoms with Crippen LogP contribution in [0.15, 0.2) is 120 Å². The number of benzene rings is 5. The van der Waals surface area contributed by atoms with Crippen molar-refractivity contribution in [3.63, 3.8) is 0 Å². The van der Waals surface area contributed by atoms with Gasteiger partial charge in [0, 0.05) is 31.9 Å². The van der Waals surface area contributed by atoms with Crippen molar-refractivity contribution in [2.75, 3.05) is 0 Å². The molecule has 0 N–H and O–H groups in total. The van der Waals surface area contributed by atoms with Crippen LogP contribution in [0.4, 0.5) is 0 Å². The Morgan fingerprint density at radius 2 is 1.37 bits per heavy atom. The van der Waals surface area contributed by atoms with Crippen molar-refractivity contribution in [1.82, 2.24) is 4.57 Å². The van der Waals surface area contributed by atoms with Gasteiger partial charge in [-0.25, -0.2) is 0 Å². The molecule has 0 saturated carbocycles. The minimum absolute atomic E-state index is 0.927. The van der Waals surface area contributed by atoms with Crippen LogP contribution in [0.5, 0.6) is 0 Å². The molecule has 0 fully saturated rings. The van der Waals surface area contributed by atoms with Crippen LogP contribution in [0.1, 0.15) is 0 Å². The molecule has 0 saturated heterocycles. The second-order valence-electron chi connectivity index (χ2n) is 8.96. The molecule has 0 spiro atoms. The maximum atomic E-state index is 6.10. The second kappa shape index (κ2) is 7.08. The third kappa shape index (κ3) is 2.64. The summed E-state index contributed by atoms with van der Waals surface area (Å²) in [5, 5.41) is 4.92. The van der Waals surface area contributed by atoms with Gasteiger partial charge in [0.25, 0.3) is 0 Å². The van der Waals surface area contributed by atoms with Gasteiger partial charge in [-0.1, -0.05) is 72.8 Å². The molecule has 2 nitrogen and oxygen atoms in total. The molecule has 0 unspecified atom stereocenters. The summed E-state index contributed by atoms with van der Waals surface area (Å²) in [6, 6.07) is 41.0. The standard InChI is InChI=1S/C32H19NOS/c1-2-9-21(10-3-1)33-26-14-6-4-12-24(26)32-31(33)30-22(13-8-16-29(30)35-32)20-17-18-28-25(19-20)23-11-5-7-15-27(23)34-28/h1-19H. The number of furan rings is 1. The fraction of sp³-hybridized carbons (Fsp3) is 0. The zero-order valence-electron chi connectivity index (χ0n) is 18.7. The lowest BCUT2D eigenvalue weighted by atomic mass is 9.99. The van der Waals surface area contributed by atoms with Gasteiger partial charge in [0.15, 0.2) is 0 Å². The van der Waals surface area contributed by atoms with Gasteiger partial charge in [0.05, 0.1) is 15.7 Å². The summed E-state index contributed by atoms with van der Waals surface area (Å²) < 4.78 is 11.2. The Kier molecular flexibility index (Phi) is 3.85. The van der Waals surface area contributed by atoms with Gasteiger partial charge in [0.1, 0.15) is 11.2 Å². The number of rotatable bonds is 2. The van der Waals surface area contributed by atoms with E-state index in [2.05, 4.69) is 108 Å². The van der Waals surface area contributed by atoms with Crippen LogP contribution >= 0.6 is 11.3 Å². The second-order valence-corrected chi connectivity index (χ2v) is 10.0. The zero-order chi connectivity index (χ0) is 22.9. The van der Waals surface area contributed by atoms with Crippen molar-refractivity contribution >= 4 is 64.5 Å². The first-order valence-electron chi connectivity index (χ1n) is 11.8. The molecule has 0 radical (unpaired) electrons. The first-order valence-corrected chi connectivity index (χ1v) is 12.6. The highest BCUT2D eigenvalue weighted by Crippen LogP contribution is 2.46. The van der Waals surface area contributed by atoms with Crippen LogP contribution in [0.2, 0.25) is 0 Å². The van der Waals surface area contributed by atoms with E-state index in [0.717, 1.165) is 21.9 Å². The predicted molar refractivity (Wildman–Crippen MR) is 149 cm³/mol. The lowest BCUT2D eigenvalue weighted by molar-refractivity contribution is 0.669. The first-order chi connectivity index (χ1) is 17.4. The largest absolute Gasteiger partial charge is 0.456 e. The normalized spacial score (nSPS) is 12.0. The zero-order valence-corrected chi connectivity index (χ0v) is 19.5. The van der Waals surface area contributed by atoms with Crippen LogP contribution < -0.4 is 0 Å². The minimum Gasteiger partial charge on any atom is -0.456 e. The molecule has 164 valence electrons. The summed E-state index contributed by atoms with van der Waals surface area (Å²) in [4.78, 5) is 0. The van der Waals surface area contributed by atoms with E-state index < -0.39 is 0 Å². The number of hydrogen-bond acceptors (Lipinski definition) is 2. The van der Waals surface area contributed by atoms with Crippen molar-refractivity contribution in [2.24, 2.45) is 0 Å². The Balaban J connectivity index is 1.51. The van der Waals surface area contributed by atoms with E-state index in [0.29, 0.717) is 0 Å². The topological polar surface area (TPSA) is 18.1 Å². The Morgan fingerprint density at radius 1 is 0.600 bits per heavy atom. The summed E-state index contributed by atoms with van der Waals surface area (Å²) in [5.41, 5.74) is 8.03. The quantitative estimate of drug-likeness (QED) is 0.248. The number of fused-ring (bicyclic) bond motifs is 8. The summed E-state index contributed by atoms with van der Waals surface area (Å²) in [5.74, 6) is 0. The Hall–Kier alpha value is -4.34. The molecule has 0 aliphatic heterocycles. The predicted octanol–water partition coefficient (Wildman–Crippen LogP) is 9.56. The number of thiophene rings is 1. The maximum absolute atomic E-state index is 6.10. The van der Waals surface area contributed by atoms with E-state index in [1.165, 1.54) is 48.0 Å². The van der Waals surface area contributed by atoms with Crippen molar-refractivity contribution in [2.45, 2.75) is 0 Å². The number of hydrogen-bond donors (Lipinski definition) is 0. The molecule has 0 amide bonds. The summed E-state index contributed by atoms with van der Waals surface area (Å²) >= 11 is 1.88. The summed E-state index contributed by atoms with van der Waals surface area (Å²) in [6.45, 7) is 0. The van der Waals surface area contributed by atoms with Crippen LogP contribution in [0.25, 0.3) is 70.0 Å². The molecule has 0 atom stereocenters. The van der Waals surface area contributed by atoms with Gasteiger partial charge in [-0.05, 0) is 53.6 Å². The average Bonchev–Trinajstić information content (AvgIpc) is 3.57. The third-order valence-corrected chi connectivity index (χ3v) is 8.18. The molecule has 5 aromatic carbocycles. The van der Waals surface area contributed by atoms with Crippen LogP contribution in [0.3, 0.4) is 0 Å². The van der Waals surface area contributed by atoms with Gasteiger partial charge >= 0.3 is 0 Å². The minimum atomic E-state index is 0.927. The van der Waals surface area contributed by atoms with Crippen LogP contribution in [-0.4, -0.2) is 4.57 Å². The molecule has 8 rings (SSSR count). The molecule has 0 bridgehead atoms. The SMILES string of the molecule is c1ccc(-n2c3ccccc3c3sc4cccc(-c5ccc6oc7ccccc7c6c5)c4c32)cc1.